The molecule has 30 heavy (non-hydrogen) atoms. The number of rotatable bonds is 8. The molecule has 1 fully saturated rings. The maximum atomic E-state index is 11.4. The summed E-state index contributed by atoms with van der Waals surface area (Å²) in [6.07, 6.45) is 7.27. The van der Waals surface area contributed by atoms with Crippen LogP contribution < -0.4 is 4.74 Å². The average Bonchev–Trinajstić information content (AvgIpc) is 3.31. The number of carbonyl (C=O) groups is 1. The number of ether oxygens (including phenoxy) is 2. The Hall–Kier alpha value is -2.81. The topological polar surface area (TPSA) is 35.5 Å². The quantitative estimate of drug-likeness (QED) is 0.400. The molecule has 0 heterocycles. The summed E-state index contributed by atoms with van der Waals surface area (Å²) in [4.78, 5) is 11.4. The molecule has 0 spiro atoms. The van der Waals surface area contributed by atoms with Crippen molar-refractivity contribution in [3.8, 4) is 16.9 Å². The molecule has 0 atom stereocenters. The number of fused-ring (bicyclic) bond motifs is 1. The van der Waals surface area contributed by atoms with Gasteiger partial charge in [0.15, 0.2) is 0 Å². The van der Waals surface area contributed by atoms with Crippen LogP contribution in [0.1, 0.15) is 44.1 Å². The lowest BCUT2D eigenvalue weighted by Gasteiger charge is -2.17. The summed E-state index contributed by atoms with van der Waals surface area (Å²) in [6.45, 7) is 0.794. The Morgan fingerprint density at radius 2 is 1.77 bits per heavy atom. The van der Waals surface area contributed by atoms with E-state index in [0.29, 0.717) is 12.3 Å². The molecule has 0 aliphatic heterocycles. The number of hydrogen-bond acceptors (Lipinski definition) is 3. The summed E-state index contributed by atoms with van der Waals surface area (Å²) in [6, 6.07) is 21.5. The van der Waals surface area contributed by atoms with Crippen LogP contribution in [0.25, 0.3) is 21.9 Å². The number of hydrogen-bond donors (Lipinski definition) is 0. The molecule has 0 aromatic heterocycles. The van der Waals surface area contributed by atoms with Gasteiger partial charge in [0, 0.05) is 12.0 Å². The average molecular weight is 403 g/mol. The van der Waals surface area contributed by atoms with Gasteiger partial charge in [-0.2, -0.15) is 0 Å². The molecule has 3 heteroatoms. The van der Waals surface area contributed by atoms with Gasteiger partial charge in [-0.05, 0) is 71.7 Å². The summed E-state index contributed by atoms with van der Waals surface area (Å²) in [5, 5.41) is 2.47. The van der Waals surface area contributed by atoms with Gasteiger partial charge in [0.05, 0.1) is 13.7 Å². The Kier molecular flexibility index (Phi) is 6.68. The third-order valence-electron chi connectivity index (χ3n) is 6.13. The molecule has 1 saturated carbocycles. The van der Waals surface area contributed by atoms with Gasteiger partial charge in [0.1, 0.15) is 5.75 Å². The van der Waals surface area contributed by atoms with Crippen molar-refractivity contribution < 1.29 is 14.3 Å². The van der Waals surface area contributed by atoms with Crippen molar-refractivity contribution in [3.05, 3.63) is 66.2 Å². The lowest BCUT2D eigenvalue weighted by molar-refractivity contribution is -0.140. The standard InChI is InChI=1S/C27H30O3/c1-29-27(28)12-6-9-20-13-16-26(30-19-21-7-2-3-8-21)25(17-20)24-15-14-22-10-4-5-11-23(22)18-24/h4-5,10-11,13-18,21H,2-3,6-9,12,19H2,1H3. The van der Waals surface area contributed by atoms with Crippen LogP contribution in [-0.4, -0.2) is 19.7 Å². The minimum absolute atomic E-state index is 0.152. The molecule has 3 aromatic carbocycles. The SMILES string of the molecule is COC(=O)CCCc1ccc(OCC2CCCC2)c(-c2ccc3ccccc3c2)c1. The number of methoxy groups -OCH3 is 1. The maximum Gasteiger partial charge on any atom is 0.305 e. The van der Waals surface area contributed by atoms with Crippen molar-refractivity contribution in [1.29, 1.82) is 0 Å². The predicted octanol–water partition coefficient (Wildman–Crippen LogP) is 6.57. The fourth-order valence-electron chi connectivity index (χ4n) is 4.36. The van der Waals surface area contributed by atoms with Crippen LogP contribution in [0.15, 0.2) is 60.7 Å². The third-order valence-corrected chi connectivity index (χ3v) is 6.13. The number of benzene rings is 3. The van der Waals surface area contributed by atoms with E-state index in [1.807, 2.05) is 0 Å². The molecular formula is C27H30O3. The number of carbonyl (C=O) groups excluding carboxylic acids is 1. The summed E-state index contributed by atoms with van der Waals surface area (Å²) < 4.78 is 11.1. The van der Waals surface area contributed by atoms with E-state index >= 15 is 0 Å². The van der Waals surface area contributed by atoms with Gasteiger partial charge >= 0.3 is 5.97 Å². The summed E-state index contributed by atoms with van der Waals surface area (Å²) in [5.41, 5.74) is 3.52. The number of esters is 1. The van der Waals surface area contributed by atoms with Crippen molar-refractivity contribution >= 4 is 16.7 Å². The van der Waals surface area contributed by atoms with E-state index in [9.17, 15) is 4.79 Å². The van der Waals surface area contributed by atoms with Crippen molar-refractivity contribution in [2.75, 3.05) is 13.7 Å². The van der Waals surface area contributed by atoms with Crippen molar-refractivity contribution in [2.24, 2.45) is 5.92 Å². The van der Waals surface area contributed by atoms with Crippen LogP contribution in [0.2, 0.25) is 0 Å². The molecule has 156 valence electrons. The number of aryl methyl sites for hydroxylation is 1. The second kappa shape index (κ2) is 9.80. The maximum absolute atomic E-state index is 11.4. The lowest BCUT2D eigenvalue weighted by atomic mass is 9.97. The zero-order chi connectivity index (χ0) is 20.8. The highest BCUT2D eigenvalue weighted by molar-refractivity contribution is 5.88. The molecule has 1 aliphatic carbocycles. The normalized spacial score (nSPS) is 14.2. The van der Waals surface area contributed by atoms with E-state index in [4.69, 9.17) is 9.47 Å². The molecule has 3 nitrogen and oxygen atoms in total. The summed E-state index contributed by atoms with van der Waals surface area (Å²) >= 11 is 0. The summed E-state index contributed by atoms with van der Waals surface area (Å²) in [5.74, 6) is 1.48. The van der Waals surface area contributed by atoms with Gasteiger partial charge < -0.3 is 9.47 Å². The second-order valence-electron chi connectivity index (χ2n) is 8.28. The minimum Gasteiger partial charge on any atom is -0.493 e. The fourth-order valence-corrected chi connectivity index (χ4v) is 4.36. The third kappa shape index (κ3) is 5.02. The van der Waals surface area contributed by atoms with Gasteiger partial charge in [-0.3, -0.25) is 4.79 Å². The molecule has 0 unspecified atom stereocenters. The molecule has 1 aliphatic rings. The zero-order valence-corrected chi connectivity index (χ0v) is 17.7. The van der Waals surface area contributed by atoms with Gasteiger partial charge in [0.25, 0.3) is 0 Å². The van der Waals surface area contributed by atoms with Crippen LogP contribution in [-0.2, 0) is 16.0 Å². The van der Waals surface area contributed by atoms with Crippen LogP contribution in [0.5, 0.6) is 5.75 Å². The van der Waals surface area contributed by atoms with E-state index in [-0.39, 0.29) is 5.97 Å². The van der Waals surface area contributed by atoms with Crippen LogP contribution >= 0.6 is 0 Å². The highest BCUT2D eigenvalue weighted by Gasteiger charge is 2.17. The molecule has 0 bridgehead atoms. The highest BCUT2D eigenvalue weighted by atomic mass is 16.5. The van der Waals surface area contributed by atoms with Gasteiger partial charge in [-0.15, -0.1) is 0 Å². The first-order valence-corrected chi connectivity index (χ1v) is 11.0. The second-order valence-corrected chi connectivity index (χ2v) is 8.28. The van der Waals surface area contributed by atoms with Crippen LogP contribution in [0.3, 0.4) is 0 Å². The Morgan fingerprint density at radius 1 is 0.967 bits per heavy atom. The fraction of sp³-hybridized carbons (Fsp3) is 0.370. The van der Waals surface area contributed by atoms with E-state index in [1.54, 1.807) is 0 Å². The van der Waals surface area contributed by atoms with E-state index in [1.165, 1.54) is 54.7 Å². The predicted molar refractivity (Wildman–Crippen MR) is 122 cm³/mol. The molecular weight excluding hydrogens is 372 g/mol. The van der Waals surface area contributed by atoms with Gasteiger partial charge in [-0.1, -0.05) is 55.3 Å². The van der Waals surface area contributed by atoms with Gasteiger partial charge in [-0.25, -0.2) is 0 Å². The van der Waals surface area contributed by atoms with Crippen molar-refractivity contribution in [2.45, 2.75) is 44.9 Å². The van der Waals surface area contributed by atoms with E-state index in [0.717, 1.165) is 30.8 Å². The smallest absolute Gasteiger partial charge is 0.305 e. The van der Waals surface area contributed by atoms with E-state index in [2.05, 4.69) is 60.7 Å². The van der Waals surface area contributed by atoms with E-state index < -0.39 is 0 Å². The van der Waals surface area contributed by atoms with Crippen LogP contribution in [0, 0.1) is 5.92 Å². The molecule has 0 N–H and O–H groups in total. The Balaban J connectivity index is 1.60. The lowest BCUT2D eigenvalue weighted by Crippen LogP contribution is -2.08. The first-order chi connectivity index (χ1) is 14.7. The van der Waals surface area contributed by atoms with Crippen molar-refractivity contribution in [3.63, 3.8) is 0 Å². The molecule has 0 saturated heterocycles. The first-order valence-electron chi connectivity index (χ1n) is 11.0. The van der Waals surface area contributed by atoms with Gasteiger partial charge in [0.2, 0.25) is 0 Å². The van der Waals surface area contributed by atoms with Crippen molar-refractivity contribution in [1.82, 2.24) is 0 Å². The van der Waals surface area contributed by atoms with Crippen LogP contribution in [0.4, 0.5) is 0 Å². The highest BCUT2D eigenvalue weighted by Crippen LogP contribution is 2.35. The first kappa shape index (κ1) is 20.5. The Morgan fingerprint density at radius 3 is 2.57 bits per heavy atom. The Bertz CT molecular complexity index is 1000. The zero-order valence-electron chi connectivity index (χ0n) is 17.7. The minimum atomic E-state index is -0.152. The largest absolute Gasteiger partial charge is 0.493 e. The summed E-state index contributed by atoms with van der Waals surface area (Å²) in [7, 11) is 1.44. The molecule has 0 radical (unpaired) electrons. The Labute approximate surface area is 179 Å². The monoisotopic (exact) mass is 402 g/mol. The molecule has 3 aromatic rings. The molecule has 4 rings (SSSR count). The molecule has 0 amide bonds.